The molecule has 0 radical (unpaired) electrons. The van der Waals surface area contributed by atoms with E-state index >= 15 is 0 Å². The van der Waals surface area contributed by atoms with Crippen LogP contribution in [0.3, 0.4) is 0 Å². The Labute approximate surface area is 161 Å². The van der Waals surface area contributed by atoms with Gasteiger partial charge in [-0.25, -0.2) is 0 Å². The van der Waals surface area contributed by atoms with E-state index in [1.807, 2.05) is 13.8 Å². The average Bonchev–Trinajstić information content (AvgIpc) is 3.33. The molecule has 2 heterocycles. The molecule has 27 heavy (non-hydrogen) atoms. The summed E-state index contributed by atoms with van der Waals surface area (Å²) in [7, 11) is 0. The molecule has 5 heteroatoms. The highest BCUT2D eigenvalue weighted by molar-refractivity contribution is 5.48. The van der Waals surface area contributed by atoms with Crippen LogP contribution in [0, 0.1) is 12.8 Å². The number of ether oxygens (including phenoxy) is 2. The number of hydrogen-bond donors (Lipinski definition) is 1. The summed E-state index contributed by atoms with van der Waals surface area (Å²) in [5, 5.41) is 7.80. The van der Waals surface area contributed by atoms with E-state index in [4.69, 9.17) is 14.0 Å². The van der Waals surface area contributed by atoms with Gasteiger partial charge in [0.25, 0.3) is 0 Å². The Balaban J connectivity index is 1.43. The van der Waals surface area contributed by atoms with E-state index in [1.54, 1.807) is 0 Å². The van der Waals surface area contributed by atoms with E-state index < -0.39 is 0 Å². The first kappa shape index (κ1) is 18.4. The quantitative estimate of drug-likeness (QED) is 0.791. The zero-order chi connectivity index (χ0) is 18.8. The predicted octanol–water partition coefficient (Wildman–Crippen LogP) is 4.21. The number of nitrogens with zero attached hydrogens (tertiary/aromatic N) is 1. The first-order valence-electron chi connectivity index (χ1n) is 10.2. The normalized spacial score (nSPS) is 24.0. The van der Waals surface area contributed by atoms with Crippen molar-refractivity contribution in [3.05, 3.63) is 40.8 Å². The van der Waals surface area contributed by atoms with E-state index in [9.17, 15) is 0 Å². The predicted molar refractivity (Wildman–Crippen MR) is 104 cm³/mol. The maximum Gasteiger partial charge on any atom is 0.137 e. The molecule has 0 amide bonds. The first-order valence-corrected chi connectivity index (χ1v) is 10.2. The molecule has 1 N–H and O–H groups in total. The van der Waals surface area contributed by atoms with Crippen molar-refractivity contribution in [2.75, 3.05) is 6.61 Å². The smallest absolute Gasteiger partial charge is 0.137 e. The summed E-state index contributed by atoms with van der Waals surface area (Å²) in [5.74, 6) is 3.60. The van der Waals surface area contributed by atoms with Crippen LogP contribution >= 0.6 is 0 Å². The summed E-state index contributed by atoms with van der Waals surface area (Å²) < 4.78 is 17.3. The second-order valence-electron chi connectivity index (χ2n) is 7.95. The van der Waals surface area contributed by atoms with Crippen molar-refractivity contribution in [2.45, 2.75) is 71.6 Å². The molecular weight excluding hydrogens is 340 g/mol. The molecular formula is C22H30N2O3. The van der Waals surface area contributed by atoms with Crippen LogP contribution in [-0.4, -0.2) is 23.9 Å². The molecule has 0 saturated heterocycles. The van der Waals surface area contributed by atoms with Crippen molar-refractivity contribution in [1.82, 2.24) is 10.5 Å². The van der Waals surface area contributed by atoms with E-state index in [2.05, 4.69) is 35.6 Å². The van der Waals surface area contributed by atoms with Gasteiger partial charge in [-0.05, 0) is 51.7 Å². The zero-order valence-corrected chi connectivity index (χ0v) is 16.6. The summed E-state index contributed by atoms with van der Waals surface area (Å²) in [6.07, 6.45) is 5.88. The topological polar surface area (TPSA) is 56.5 Å². The van der Waals surface area contributed by atoms with Crippen molar-refractivity contribution in [2.24, 2.45) is 5.92 Å². The third-order valence-electron chi connectivity index (χ3n) is 5.73. The minimum atomic E-state index is 0.252. The minimum absolute atomic E-state index is 0.252. The lowest BCUT2D eigenvalue weighted by Crippen LogP contribution is -2.33. The molecule has 1 fully saturated rings. The molecule has 5 nitrogen and oxygen atoms in total. The van der Waals surface area contributed by atoms with Gasteiger partial charge in [-0.15, -0.1) is 0 Å². The zero-order valence-electron chi connectivity index (χ0n) is 16.6. The fourth-order valence-corrected chi connectivity index (χ4v) is 4.47. The van der Waals surface area contributed by atoms with E-state index in [0.717, 1.165) is 42.3 Å². The Bertz CT molecular complexity index is 786. The Morgan fingerprint density at radius 1 is 1.26 bits per heavy atom. The molecule has 1 saturated carbocycles. The number of benzene rings is 1. The van der Waals surface area contributed by atoms with Crippen molar-refractivity contribution < 1.29 is 14.0 Å². The van der Waals surface area contributed by atoms with Gasteiger partial charge in [-0.2, -0.15) is 0 Å². The van der Waals surface area contributed by atoms with Crippen LogP contribution in [0.1, 0.15) is 55.7 Å². The third kappa shape index (κ3) is 4.13. The maximum atomic E-state index is 5.95. The summed E-state index contributed by atoms with van der Waals surface area (Å²) in [6.45, 7) is 7.61. The minimum Gasteiger partial charge on any atom is -0.494 e. The lowest BCUT2D eigenvalue weighted by molar-refractivity contribution is 0.254. The van der Waals surface area contributed by atoms with Crippen molar-refractivity contribution in [3.8, 4) is 11.5 Å². The summed E-state index contributed by atoms with van der Waals surface area (Å²) in [4.78, 5) is 0. The second-order valence-corrected chi connectivity index (χ2v) is 7.95. The highest BCUT2D eigenvalue weighted by atomic mass is 16.5. The van der Waals surface area contributed by atoms with Crippen LogP contribution in [0.4, 0.5) is 0 Å². The summed E-state index contributed by atoms with van der Waals surface area (Å²) >= 11 is 0. The van der Waals surface area contributed by atoms with Gasteiger partial charge in [-0.3, -0.25) is 0 Å². The van der Waals surface area contributed by atoms with Crippen molar-refractivity contribution >= 4 is 0 Å². The number of aryl methyl sites for hydroxylation is 1. The van der Waals surface area contributed by atoms with Gasteiger partial charge >= 0.3 is 0 Å². The Morgan fingerprint density at radius 2 is 2.15 bits per heavy atom. The molecule has 2 aliphatic rings. The molecule has 1 aliphatic heterocycles. The van der Waals surface area contributed by atoms with Gasteiger partial charge in [0, 0.05) is 42.6 Å². The van der Waals surface area contributed by atoms with Gasteiger partial charge in [0.1, 0.15) is 23.4 Å². The van der Waals surface area contributed by atoms with Gasteiger partial charge in [0.2, 0.25) is 0 Å². The molecule has 0 spiro atoms. The standard InChI is InChI=1S/C22H30N2O3/c1-4-25-21-11-17-9-15(3)26-22(17)12-18(21)13-23-20-7-5-6-16(20)10-19-8-14(2)24-27-19/h8,11-12,15-16,20,23H,4-7,9-10,13H2,1-3H3/t15-,16+,20-/m1/s1. The second kappa shape index (κ2) is 7.93. The van der Waals surface area contributed by atoms with E-state index in [-0.39, 0.29) is 6.10 Å². The molecule has 1 aromatic heterocycles. The van der Waals surface area contributed by atoms with Crippen LogP contribution in [-0.2, 0) is 19.4 Å². The number of fused-ring (bicyclic) bond motifs is 1. The molecule has 0 unspecified atom stereocenters. The van der Waals surface area contributed by atoms with Gasteiger partial charge in [0.05, 0.1) is 12.3 Å². The van der Waals surface area contributed by atoms with Gasteiger partial charge < -0.3 is 19.3 Å². The maximum absolute atomic E-state index is 5.95. The van der Waals surface area contributed by atoms with Gasteiger partial charge in [-0.1, -0.05) is 11.6 Å². The van der Waals surface area contributed by atoms with Crippen LogP contribution in [0.15, 0.2) is 22.7 Å². The molecule has 4 rings (SSSR count). The van der Waals surface area contributed by atoms with Crippen molar-refractivity contribution in [3.63, 3.8) is 0 Å². The Hall–Kier alpha value is -2.01. The highest BCUT2D eigenvalue weighted by Crippen LogP contribution is 2.36. The van der Waals surface area contributed by atoms with Crippen LogP contribution < -0.4 is 14.8 Å². The fraction of sp³-hybridized carbons (Fsp3) is 0.591. The SMILES string of the molecule is CCOc1cc2c(cc1CN[C@@H]1CCC[C@H]1Cc1cc(C)no1)O[C@H](C)C2. The average molecular weight is 370 g/mol. The Kier molecular flexibility index (Phi) is 5.39. The lowest BCUT2D eigenvalue weighted by Gasteiger charge is -2.21. The highest BCUT2D eigenvalue weighted by Gasteiger charge is 2.29. The monoisotopic (exact) mass is 370 g/mol. The van der Waals surface area contributed by atoms with Crippen molar-refractivity contribution in [1.29, 1.82) is 0 Å². The number of aromatic nitrogens is 1. The molecule has 1 aliphatic carbocycles. The van der Waals surface area contributed by atoms with Crippen LogP contribution in [0.5, 0.6) is 11.5 Å². The molecule has 0 bridgehead atoms. The van der Waals surface area contributed by atoms with E-state index in [1.165, 1.54) is 30.4 Å². The number of hydrogen-bond acceptors (Lipinski definition) is 5. The Morgan fingerprint density at radius 3 is 2.93 bits per heavy atom. The molecule has 2 aromatic rings. The molecule has 1 aromatic carbocycles. The first-order chi connectivity index (χ1) is 13.1. The summed E-state index contributed by atoms with van der Waals surface area (Å²) in [5.41, 5.74) is 3.40. The molecule has 146 valence electrons. The van der Waals surface area contributed by atoms with Crippen LogP contribution in [0.25, 0.3) is 0 Å². The largest absolute Gasteiger partial charge is 0.494 e. The van der Waals surface area contributed by atoms with Gasteiger partial charge in [0.15, 0.2) is 0 Å². The van der Waals surface area contributed by atoms with E-state index in [0.29, 0.717) is 18.6 Å². The van der Waals surface area contributed by atoms with Crippen LogP contribution in [0.2, 0.25) is 0 Å². The fourth-order valence-electron chi connectivity index (χ4n) is 4.47. The molecule has 3 atom stereocenters. The third-order valence-corrected chi connectivity index (χ3v) is 5.73. The number of nitrogens with one attached hydrogen (secondary N) is 1. The summed E-state index contributed by atoms with van der Waals surface area (Å²) in [6, 6.07) is 6.89. The lowest BCUT2D eigenvalue weighted by atomic mass is 9.97. The number of rotatable bonds is 7.